The van der Waals surface area contributed by atoms with Crippen molar-refractivity contribution in [2.24, 2.45) is 0 Å². The first-order valence-electron chi connectivity index (χ1n) is 6.00. The van der Waals surface area contributed by atoms with Crippen molar-refractivity contribution in [1.29, 1.82) is 0 Å². The molecule has 0 aliphatic rings. The lowest BCUT2D eigenvalue weighted by Gasteiger charge is -2.10. The van der Waals surface area contributed by atoms with E-state index in [4.69, 9.17) is 0 Å². The lowest BCUT2D eigenvalue weighted by atomic mass is 10.2. The van der Waals surface area contributed by atoms with Crippen molar-refractivity contribution in [2.75, 3.05) is 5.32 Å². The maximum atomic E-state index is 13.1. The monoisotopic (exact) mass is 258 g/mol. The fourth-order valence-corrected chi connectivity index (χ4v) is 1.67. The van der Waals surface area contributed by atoms with Crippen LogP contribution < -0.4 is 10.6 Å². The van der Waals surface area contributed by atoms with Crippen molar-refractivity contribution >= 4 is 11.7 Å². The summed E-state index contributed by atoms with van der Waals surface area (Å²) in [6.07, 6.45) is 0. The number of hydrogen-bond acceptors (Lipinski definition) is 1. The highest BCUT2D eigenvalue weighted by molar-refractivity contribution is 5.89. The van der Waals surface area contributed by atoms with Crippen LogP contribution in [0.1, 0.15) is 11.1 Å². The second-order valence-electron chi connectivity index (χ2n) is 4.25. The molecular weight excluding hydrogens is 243 g/mol. The molecule has 98 valence electrons. The van der Waals surface area contributed by atoms with Crippen molar-refractivity contribution in [2.45, 2.75) is 13.5 Å². The van der Waals surface area contributed by atoms with E-state index in [0.717, 1.165) is 11.1 Å². The van der Waals surface area contributed by atoms with Crippen LogP contribution in [0.5, 0.6) is 0 Å². The summed E-state index contributed by atoms with van der Waals surface area (Å²) in [5.41, 5.74) is 2.30. The van der Waals surface area contributed by atoms with E-state index >= 15 is 0 Å². The lowest BCUT2D eigenvalue weighted by Crippen LogP contribution is -2.28. The van der Waals surface area contributed by atoms with E-state index < -0.39 is 0 Å². The fourth-order valence-electron chi connectivity index (χ4n) is 1.67. The van der Waals surface area contributed by atoms with Crippen LogP contribution in [-0.2, 0) is 6.54 Å². The van der Waals surface area contributed by atoms with Gasteiger partial charge >= 0.3 is 6.03 Å². The minimum Gasteiger partial charge on any atom is -0.334 e. The molecular formula is C15H15FN2O. The van der Waals surface area contributed by atoms with Crippen LogP contribution in [0.15, 0.2) is 48.5 Å². The molecule has 0 atom stereocenters. The third-order valence-corrected chi connectivity index (χ3v) is 2.74. The van der Waals surface area contributed by atoms with Gasteiger partial charge in [0.25, 0.3) is 0 Å². The highest BCUT2D eigenvalue weighted by Crippen LogP contribution is 2.15. The molecule has 0 heterocycles. The Morgan fingerprint density at radius 3 is 2.63 bits per heavy atom. The van der Waals surface area contributed by atoms with Gasteiger partial charge < -0.3 is 10.6 Å². The van der Waals surface area contributed by atoms with Gasteiger partial charge in [-0.2, -0.15) is 0 Å². The van der Waals surface area contributed by atoms with Crippen LogP contribution in [0.2, 0.25) is 0 Å². The second kappa shape index (κ2) is 6.00. The smallest absolute Gasteiger partial charge is 0.319 e. The molecule has 0 aromatic heterocycles. The summed E-state index contributed by atoms with van der Waals surface area (Å²) in [5, 5.41) is 5.35. The average molecular weight is 258 g/mol. The lowest BCUT2D eigenvalue weighted by molar-refractivity contribution is 0.251. The maximum absolute atomic E-state index is 13.1. The number of amides is 2. The number of nitrogens with one attached hydrogen (secondary N) is 2. The minimum atomic E-state index is -0.371. The third-order valence-electron chi connectivity index (χ3n) is 2.74. The zero-order chi connectivity index (χ0) is 13.7. The van der Waals surface area contributed by atoms with Gasteiger partial charge in [0.2, 0.25) is 0 Å². The van der Waals surface area contributed by atoms with Crippen LogP contribution in [-0.4, -0.2) is 6.03 Å². The quantitative estimate of drug-likeness (QED) is 0.869. The molecule has 2 aromatic rings. The van der Waals surface area contributed by atoms with Crippen LogP contribution in [0.4, 0.5) is 14.9 Å². The normalized spacial score (nSPS) is 10.0. The van der Waals surface area contributed by atoms with E-state index in [1.807, 2.05) is 37.3 Å². The predicted octanol–water partition coefficient (Wildman–Crippen LogP) is 3.46. The summed E-state index contributed by atoms with van der Waals surface area (Å²) in [7, 11) is 0. The van der Waals surface area contributed by atoms with Gasteiger partial charge in [-0.05, 0) is 30.2 Å². The molecule has 0 aliphatic heterocycles. The molecule has 0 saturated carbocycles. The number of rotatable bonds is 3. The van der Waals surface area contributed by atoms with E-state index in [9.17, 15) is 9.18 Å². The highest BCUT2D eigenvalue weighted by atomic mass is 19.1. The summed E-state index contributed by atoms with van der Waals surface area (Å²) in [4.78, 5) is 11.7. The minimum absolute atomic E-state index is 0.349. The molecule has 0 aliphatic carbocycles. The largest absolute Gasteiger partial charge is 0.334 e. The molecule has 0 spiro atoms. The van der Waals surface area contributed by atoms with E-state index in [2.05, 4.69) is 10.6 Å². The first-order chi connectivity index (χ1) is 9.15. The number of benzene rings is 2. The number of hydrogen-bond donors (Lipinski definition) is 2. The van der Waals surface area contributed by atoms with E-state index in [1.165, 1.54) is 12.1 Å². The van der Waals surface area contributed by atoms with Crippen molar-refractivity contribution in [1.82, 2.24) is 5.32 Å². The molecule has 0 bridgehead atoms. The van der Waals surface area contributed by atoms with Gasteiger partial charge in [-0.1, -0.05) is 36.4 Å². The Hall–Kier alpha value is -2.36. The van der Waals surface area contributed by atoms with Gasteiger partial charge in [0.15, 0.2) is 0 Å². The van der Waals surface area contributed by atoms with Crippen LogP contribution in [0.3, 0.4) is 0 Å². The maximum Gasteiger partial charge on any atom is 0.319 e. The second-order valence-corrected chi connectivity index (χ2v) is 4.25. The molecule has 0 fully saturated rings. The summed E-state index contributed by atoms with van der Waals surface area (Å²) >= 11 is 0. The van der Waals surface area contributed by atoms with E-state index in [-0.39, 0.29) is 11.8 Å². The van der Waals surface area contributed by atoms with Gasteiger partial charge in [0, 0.05) is 12.2 Å². The Morgan fingerprint density at radius 2 is 1.89 bits per heavy atom. The van der Waals surface area contributed by atoms with Gasteiger partial charge in [0.05, 0.1) is 0 Å². The fraction of sp³-hybridized carbons (Fsp3) is 0.133. The van der Waals surface area contributed by atoms with E-state index in [0.29, 0.717) is 12.2 Å². The highest BCUT2D eigenvalue weighted by Gasteiger charge is 2.05. The predicted molar refractivity (Wildman–Crippen MR) is 73.4 cm³/mol. The molecule has 4 heteroatoms. The van der Waals surface area contributed by atoms with Crippen LogP contribution >= 0.6 is 0 Å². The summed E-state index contributed by atoms with van der Waals surface area (Å²) < 4.78 is 13.1. The Balaban J connectivity index is 1.93. The summed E-state index contributed by atoms with van der Waals surface area (Å²) in [6, 6.07) is 13.5. The van der Waals surface area contributed by atoms with Crippen molar-refractivity contribution in [3.63, 3.8) is 0 Å². The first-order valence-corrected chi connectivity index (χ1v) is 6.00. The molecule has 3 nitrogen and oxygen atoms in total. The van der Waals surface area contributed by atoms with Crippen molar-refractivity contribution in [3.05, 3.63) is 65.5 Å². The van der Waals surface area contributed by atoms with Gasteiger partial charge in [0.1, 0.15) is 5.82 Å². The standard InChI is InChI=1S/C15H15FN2O/c1-11-7-8-13(16)9-14(11)18-15(19)17-10-12-5-3-2-4-6-12/h2-9H,10H2,1H3,(H2,17,18,19). The van der Waals surface area contributed by atoms with Gasteiger partial charge in [-0.15, -0.1) is 0 Å². The molecule has 2 rings (SSSR count). The first kappa shape index (κ1) is 13.1. The molecule has 2 amide bonds. The van der Waals surface area contributed by atoms with Gasteiger partial charge in [-0.25, -0.2) is 9.18 Å². The molecule has 0 unspecified atom stereocenters. The number of carbonyl (C=O) groups is 1. The third kappa shape index (κ3) is 3.81. The number of urea groups is 1. The molecule has 0 radical (unpaired) electrons. The number of carbonyl (C=O) groups excluding carboxylic acids is 1. The molecule has 0 saturated heterocycles. The SMILES string of the molecule is Cc1ccc(F)cc1NC(=O)NCc1ccccc1. The van der Waals surface area contributed by atoms with E-state index in [1.54, 1.807) is 6.07 Å². The Morgan fingerprint density at radius 1 is 1.16 bits per heavy atom. The van der Waals surface area contributed by atoms with Gasteiger partial charge in [-0.3, -0.25) is 0 Å². The number of anilines is 1. The molecule has 2 aromatic carbocycles. The average Bonchev–Trinajstić information content (AvgIpc) is 2.42. The Labute approximate surface area is 111 Å². The Kier molecular flexibility index (Phi) is 4.13. The van der Waals surface area contributed by atoms with Crippen molar-refractivity contribution < 1.29 is 9.18 Å². The summed E-state index contributed by atoms with van der Waals surface area (Å²) in [5.74, 6) is -0.371. The van der Waals surface area contributed by atoms with Crippen molar-refractivity contribution in [3.8, 4) is 0 Å². The summed E-state index contributed by atoms with van der Waals surface area (Å²) in [6.45, 7) is 2.24. The van der Waals surface area contributed by atoms with Crippen LogP contribution in [0, 0.1) is 12.7 Å². The molecule has 19 heavy (non-hydrogen) atoms. The molecule has 2 N–H and O–H groups in total. The Bertz CT molecular complexity index is 570. The topological polar surface area (TPSA) is 41.1 Å². The zero-order valence-corrected chi connectivity index (χ0v) is 10.6. The number of aryl methyl sites for hydroxylation is 1. The van der Waals surface area contributed by atoms with Crippen LogP contribution in [0.25, 0.3) is 0 Å². The number of halogens is 1. The zero-order valence-electron chi connectivity index (χ0n) is 10.6.